The summed E-state index contributed by atoms with van der Waals surface area (Å²) >= 11 is 0. The Labute approximate surface area is 110 Å². The average molecular weight is 245 g/mol. The maximum Gasteiger partial charge on any atom is 0.0460 e. The van der Waals surface area contributed by atoms with E-state index >= 15 is 0 Å². The van der Waals surface area contributed by atoms with Gasteiger partial charge in [0.05, 0.1) is 0 Å². The van der Waals surface area contributed by atoms with Crippen LogP contribution in [-0.2, 0) is 6.54 Å². The van der Waals surface area contributed by atoms with Crippen LogP contribution in [0.5, 0.6) is 0 Å². The minimum Gasteiger partial charge on any atom is -0.396 e. The van der Waals surface area contributed by atoms with Gasteiger partial charge in [0.25, 0.3) is 0 Å². The van der Waals surface area contributed by atoms with Gasteiger partial charge in [-0.15, -0.1) is 0 Å². The highest BCUT2D eigenvalue weighted by atomic mass is 16.3. The number of rotatable bonds is 3. The SMILES string of the molecule is OCC1C[C@H]2CCC[C@H](C1)N2Cc1ccccc1. The lowest BCUT2D eigenvalue weighted by atomic mass is 9.78. The summed E-state index contributed by atoms with van der Waals surface area (Å²) in [5.41, 5.74) is 1.43. The van der Waals surface area contributed by atoms with Crippen molar-refractivity contribution in [3.8, 4) is 0 Å². The quantitative estimate of drug-likeness (QED) is 0.885. The number of hydrogen-bond donors (Lipinski definition) is 1. The number of hydrogen-bond acceptors (Lipinski definition) is 2. The molecule has 2 heteroatoms. The van der Waals surface area contributed by atoms with Crippen molar-refractivity contribution in [2.45, 2.75) is 50.7 Å². The molecule has 0 aromatic heterocycles. The number of aliphatic hydroxyl groups excluding tert-OH is 1. The molecule has 2 fully saturated rings. The van der Waals surface area contributed by atoms with E-state index in [9.17, 15) is 5.11 Å². The fourth-order valence-corrected chi connectivity index (χ4v) is 3.79. The Morgan fingerprint density at radius 2 is 1.72 bits per heavy atom. The summed E-state index contributed by atoms with van der Waals surface area (Å²) in [6.45, 7) is 1.47. The van der Waals surface area contributed by atoms with Crippen molar-refractivity contribution in [3.63, 3.8) is 0 Å². The van der Waals surface area contributed by atoms with Crippen LogP contribution in [0.3, 0.4) is 0 Å². The Bertz CT molecular complexity index is 364. The summed E-state index contributed by atoms with van der Waals surface area (Å²) in [5.74, 6) is 0.548. The molecular formula is C16H23NO. The summed E-state index contributed by atoms with van der Waals surface area (Å²) in [5, 5.41) is 9.40. The number of benzene rings is 1. The van der Waals surface area contributed by atoms with Gasteiger partial charge in [-0.2, -0.15) is 0 Å². The number of fused-ring (bicyclic) bond motifs is 2. The molecule has 2 nitrogen and oxygen atoms in total. The topological polar surface area (TPSA) is 23.5 Å². The molecule has 1 aromatic rings. The van der Waals surface area contributed by atoms with E-state index < -0.39 is 0 Å². The molecule has 0 radical (unpaired) electrons. The minimum absolute atomic E-state index is 0.381. The van der Waals surface area contributed by atoms with Crippen molar-refractivity contribution in [2.24, 2.45) is 5.92 Å². The molecule has 1 aromatic carbocycles. The largest absolute Gasteiger partial charge is 0.396 e. The van der Waals surface area contributed by atoms with Gasteiger partial charge in [0, 0.05) is 25.2 Å². The van der Waals surface area contributed by atoms with Gasteiger partial charge in [0.15, 0.2) is 0 Å². The highest BCUT2D eigenvalue weighted by Crippen LogP contribution is 2.37. The first kappa shape index (κ1) is 12.2. The van der Waals surface area contributed by atoms with Gasteiger partial charge >= 0.3 is 0 Å². The van der Waals surface area contributed by atoms with Crippen molar-refractivity contribution in [1.82, 2.24) is 4.90 Å². The third kappa shape index (κ3) is 2.45. The zero-order valence-electron chi connectivity index (χ0n) is 11.0. The maximum atomic E-state index is 9.40. The lowest BCUT2D eigenvalue weighted by molar-refractivity contribution is -0.00694. The van der Waals surface area contributed by atoms with Gasteiger partial charge < -0.3 is 5.11 Å². The van der Waals surface area contributed by atoms with E-state index in [-0.39, 0.29) is 0 Å². The van der Waals surface area contributed by atoms with E-state index in [1.165, 1.54) is 37.7 Å². The molecule has 2 saturated heterocycles. The Kier molecular flexibility index (Phi) is 3.67. The van der Waals surface area contributed by atoms with Crippen LogP contribution in [0, 0.1) is 5.92 Å². The molecule has 2 bridgehead atoms. The molecule has 18 heavy (non-hydrogen) atoms. The third-order valence-electron chi connectivity index (χ3n) is 4.69. The molecule has 0 amide bonds. The zero-order chi connectivity index (χ0) is 12.4. The lowest BCUT2D eigenvalue weighted by Crippen LogP contribution is -2.51. The molecule has 0 saturated carbocycles. The Morgan fingerprint density at radius 3 is 2.33 bits per heavy atom. The number of aliphatic hydroxyl groups is 1. The number of piperidine rings is 2. The Balaban J connectivity index is 1.72. The van der Waals surface area contributed by atoms with E-state index in [4.69, 9.17) is 0 Å². The highest BCUT2D eigenvalue weighted by molar-refractivity contribution is 5.15. The van der Waals surface area contributed by atoms with Crippen LogP contribution < -0.4 is 0 Å². The van der Waals surface area contributed by atoms with Crippen molar-refractivity contribution >= 4 is 0 Å². The van der Waals surface area contributed by atoms with Crippen LogP contribution in [0.15, 0.2) is 30.3 Å². The van der Waals surface area contributed by atoms with Gasteiger partial charge in [0.1, 0.15) is 0 Å². The van der Waals surface area contributed by atoms with Crippen LogP contribution in [0.1, 0.15) is 37.7 Å². The van der Waals surface area contributed by atoms with Crippen molar-refractivity contribution in [3.05, 3.63) is 35.9 Å². The minimum atomic E-state index is 0.381. The third-order valence-corrected chi connectivity index (χ3v) is 4.69. The van der Waals surface area contributed by atoms with Crippen LogP contribution in [0.2, 0.25) is 0 Å². The summed E-state index contributed by atoms with van der Waals surface area (Å²) < 4.78 is 0. The molecule has 2 atom stereocenters. The normalized spacial score (nSPS) is 32.4. The van der Waals surface area contributed by atoms with Gasteiger partial charge in [-0.25, -0.2) is 0 Å². The maximum absolute atomic E-state index is 9.40. The molecule has 0 spiro atoms. The first-order valence-corrected chi connectivity index (χ1v) is 7.27. The molecule has 0 unspecified atom stereocenters. The van der Waals surface area contributed by atoms with Gasteiger partial charge in [-0.05, 0) is 37.2 Å². The van der Waals surface area contributed by atoms with E-state index in [0.717, 1.165) is 6.54 Å². The lowest BCUT2D eigenvalue weighted by Gasteiger charge is -2.48. The predicted molar refractivity (Wildman–Crippen MR) is 73.2 cm³/mol. The average Bonchev–Trinajstić information content (AvgIpc) is 2.39. The number of nitrogens with zero attached hydrogens (tertiary/aromatic N) is 1. The Morgan fingerprint density at radius 1 is 1.06 bits per heavy atom. The fraction of sp³-hybridized carbons (Fsp3) is 0.625. The Hall–Kier alpha value is -0.860. The van der Waals surface area contributed by atoms with Crippen molar-refractivity contribution < 1.29 is 5.11 Å². The van der Waals surface area contributed by atoms with Crippen LogP contribution in [-0.4, -0.2) is 28.7 Å². The second kappa shape index (κ2) is 5.41. The standard InChI is InChI=1S/C16H23NO/c18-12-14-9-15-7-4-8-16(10-14)17(15)11-13-5-2-1-3-6-13/h1-3,5-6,14-16,18H,4,7-12H2/t15-,16-/m1/s1. The van der Waals surface area contributed by atoms with Gasteiger partial charge in [-0.1, -0.05) is 36.8 Å². The molecule has 2 aliphatic heterocycles. The van der Waals surface area contributed by atoms with E-state index in [2.05, 4.69) is 35.2 Å². The van der Waals surface area contributed by atoms with Crippen molar-refractivity contribution in [1.29, 1.82) is 0 Å². The molecule has 1 N–H and O–H groups in total. The summed E-state index contributed by atoms with van der Waals surface area (Å²) in [4.78, 5) is 2.70. The fourth-order valence-electron chi connectivity index (χ4n) is 3.79. The second-order valence-corrected chi connectivity index (χ2v) is 5.92. The summed E-state index contributed by atoms with van der Waals surface area (Å²) in [7, 11) is 0. The second-order valence-electron chi connectivity index (χ2n) is 5.92. The molecular weight excluding hydrogens is 222 g/mol. The summed E-state index contributed by atoms with van der Waals surface area (Å²) in [6, 6.07) is 12.2. The van der Waals surface area contributed by atoms with Crippen LogP contribution in [0.25, 0.3) is 0 Å². The van der Waals surface area contributed by atoms with E-state index in [1.54, 1.807) is 0 Å². The molecule has 2 heterocycles. The van der Waals surface area contributed by atoms with Crippen LogP contribution >= 0.6 is 0 Å². The van der Waals surface area contributed by atoms with E-state index in [1.807, 2.05) is 0 Å². The van der Waals surface area contributed by atoms with Crippen molar-refractivity contribution in [2.75, 3.05) is 6.61 Å². The first-order valence-electron chi connectivity index (χ1n) is 7.27. The van der Waals surface area contributed by atoms with Crippen LogP contribution in [0.4, 0.5) is 0 Å². The monoisotopic (exact) mass is 245 g/mol. The smallest absolute Gasteiger partial charge is 0.0460 e. The van der Waals surface area contributed by atoms with Gasteiger partial charge in [0.2, 0.25) is 0 Å². The van der Waals surface area contributed by atoms with Gasteiger partial charge in [-0.3, -0.25) is 4.90 Å². The first-order chi connectivity index (χ1) is 8.86. The predicted octanol–water partition coefficient (Wildman–Crippen LogP) is 2.81. The molecule has 2 aliphatic rings. The molecule has 0 aliphatic carbocycles. The highest BCUT2D eigenvalue weighted by Gasteiger charge is 2.37. The summed E-state index contributed by atoms with van der Waals surface area (Å²) in [6.07, 6.45) is 6.40. The zero-order valence-corrected chi connectivity index (χ0v) is 11.0. The molecule has 3 rings (SSSR count). The van der Waals surface area contributed by atoms with E-state index in [0.29, 0.717) is 24.6 Å². The molecule has 98 valence electrons.